The molecule has 1 atom stereocenters. The van der Waals surface area contributed by atoms with Crippen LogP contribution in [0.3, 0.4) is 0 Å². The molecule has 0 radical (unpaired) electrons. The van der Waals surface area contributed by atoms with Gasteiger partial charge in [-0.1, -0.05) is 12.7 Å². The van der Waals surface area contributed by atoms with Crippen molar-refractivity contribution in [3.63, 3.8) is 0 Å². The molecule has 0 aromatic carbocycles. The van der Waals surface area contributed by atoms with E-state index in [1.54, 1.807) is 29.4 Å². The topological polar surface area (TPSA) is 43.8 Å². The third-order valence-electron chi connectivity index (χ3n) is 1.11. The van der Waals surface area contributed by atoms with Gasteiger partial charge in [0.1, 0.15) is 6.17 Å². The SMILES string of the molecule is C=CC(N)n1ccnc1. The van der Waals surface area contributed by atoms with Gasteiger partial charge in [-0.15, -0.1) is 0 Å². The molecule has 2 N–H and O–H groups in total. The maximum Gasteiger partial charge on any atom is 0.101 e. The molecule has 3 nitrogen and oxygen atoms in total. The van der Waals surface area contributed by atoms with Crippen LogP contribution < -0.4 is 5.73 Å². The molecular formula is C6H9N3. The molecule has 0 amide bonds. The van der Waals surface area contributed by atoms with E-state index in [4.69, 9.17) is 5.73 Å². The van der Waals surface area contributed by atoms with E-state index in [1.165, 1.54) is 0 Å². The minimum Gasteiger partial charge on any atom is -0.318 e. The Morgan fingerprint density at radius 1 is 1.78 bits per heavy atom. The lowest BCUT2D eigenvalue weighted by Gasteiger charge is -2.04. The normalized spacial score (nSPS) is 13.0. The molecule has 0 saturated carbocycles. The highest BCUT2D eigenvalue weighted by molar-refractivity contribution is 4.86. The van der Waals surface area contributed by atoms with Crippen molar-refractivity contribution in [1.82, 2.24) is 9.55 Å². The average Bonchev–Trinajstić information content (AvgIpc) is 2.37. The van der Waals surface area contributed by atoms with Crippen molar-refractivity contribution in [2.45, 2.75) is 6.17 Å². The zero-order chi connectivity index (χ0) is 6.69. The van der Waals surface area contributed by atoms with Crippen LogP contribution in [0.4, 0.5) is 0 Å². The van der Waals surface area contributed by atoms with Gasteiger partial charge in [0.15, 0.2) is 0 Å². The second-order valence-electron chi connectivity index (χ2n) is 1.74. The number of hydrogen-bond acceptors (Lipinski definition) is 2. The summed E-state index contributed by atoms with van der Waals surface area (Å²) >= 11 is 0. The molecule has 1 aromatic heterocycles. The Kier molecular flexibility index (Phi) is 1.65. The Morgan fingerprint density at radius 2 is 2.56 bits per heavy atom. The first kappa shape index (κ1) is 6.04. The number of nitrogens with two attached hydrogens (primary N) is 1. The maximum atomic E-state index is 5.54. The highest BCUT2D eigenvalue weighted by atomic mass is 15.1. The number of aromatic nitrogens is 2. The van der Waals surface area contributed by atoms with Gasteiger partial charge in [-0.2, -0.15) is 0 Å². The standard InChI is InChI=1S/C6H9N3/c1-2-6(7)9-4-3-8-5-9/h2-6H,1,7H2. The van der Waals surface area contributed by atoms with E-state index in [0.29, 0.717) is 0 Å². The highest BCUT2D eigenvalue weighted by Gasteiger charge is 1.94. The van der Waals surface area contributed by atoms with Gasteiger partial charge in [0.25, 0.3) is 0 Å². The fourth-order valence-electron chi connectivity index (χ4n) is 0.568. The van der Waals surface area contributed by atoms with Gasteiger partial charge in [-0.3, -0.25) is 0 Å². The second kappa shape index (κ2) is 2.46. The lowest BCUT2D eigenvalue weighted by atomic mass is 10.5. The van der Waals surface area contributed by atoms with E-state index in [-0.39, 0.29) is 6.17 Å². The lowest BCUT2D eigenvalue weighted by Crippen LogP contribution is -2.13. The molecule has 0 aliphatic carbocycles. The maximum absolute atomic E-state index is 5.54. The van der Waals surface area contributed by atoms with Gasteiger partial charge in [-0.25, -0.2) is 4.98 Å². The highest BCUT2D eigenvalue weighted by Crippen LogP contribution is 1.96. The van der Waals surface area contributed by atoms with Gasteiger partial charge in [0.05, 0.1) is 6.33 Å². The summed E-state index contributed by atoms with van der Waals surface area (Å²) < 4.78 is 1.77. The molecule has 0 fully saturated rings. The van der Waals surface area contributed by atoms with E-state index in [9.17, 15) is 0 Å². The summed E-state index contributed by atoms with van der Waals surface area (Å²) in [5.74, 6) is 0. The third-order valence-corrected chi connectivity index (χ3v) is 1.11. The van der Waals surface area contributed by atoms with Gasteiger partial charge in [-0.05, 0) is 0 Å². The van der Waals surface area contributed by atoms with Crippen molar-refractivity contribution in [1.29, 1.82) is 0 Å². The van der Waals surface area contributed by atoms with Crippen LogP contribution in [0.25, 0.3) is 0 Å². The summed E-state index contributed by atoms with van der Waals surface area (Å²) in [7, 11) is 0. The molecule has 1 aromatic rings. The summed E-state index contributed by atoms with van der Waals surface area (Å²) in [6, 6.07) is 0. The fourth-order valence-corrected chi connectivity index (χ4v) is 0.568. The number of imidazole rings is 1. The quantitative estimate of drug-likeness (QED) is 0.583. The summed E-state index contributed by atoms with van der Waals surface area (Å²) in [5.41, 5.74) is 5.54. The van der Waals surface area contributed by atoms with E-state index < -0.39 is 0 Å². The predicted octanol–water partition coefficient (Wildman–Crippen LogP) is 0.526. The Labute approximate surface area is 53.8 Å². The molecule has 0 aliphatic rings. The van der Waals surface area contributed by atoms with Crippen LogP contribution in [-0.4, -0.2) is 9.55 Å². The van der Waals surface area contributed by atoms with Crippen molar-refractivity contribution in [3.8, 4) is 0 Å². The molecule has 0 bridgehead atoms. The van der Waals surface area contributed by atoms with Crippen molar-refractivity contribution in [3.05, 3.63) is 31.4 Å². The monoisotopic (exact) mass is 123 g/mol. The van der Waals surface area contributed by atoms with Crippen molar-refractivity contribution in [2.24, 2.45) is 5.73 Å². The Bertz CT molecular complexity index is 178. The number of nitrogens with zero attached hydrogens (tertiary/aromatic N) is 2. The first-order valence-electron chi connectivity index (χ1n) is 2.70. The smallest absolute Gasteiger partial charge is 0.101 e. The molecule has 1 heterocycles. The van der Waals surface area contributed by atoms with Gasteiger partial charge in [0, 0.05) is 12.4 Å². The molecule has 48 valence electrons. The van der Waals surface area contributed by atoms with Crippen LogP contribution in [0.2, 0.25) is 0 Å². The Hall–Kier alpha value is -1.09. The number of hydrogen-bond donors (Lipinski definition) is 1. The summed E-state index contributed by atoms with van der Waals surface area (Å²) in [5, 5.41) is 0. The fraction of sp³-hybridized carbons (Fsp3) is 0.167. The zero-order valence-electron chi connectivity index (χ0n) is 5.07. The summed E-state index contributed by atoms with van der Waals surface area (Å²) in [6.07, 6.45) is 6.65. The van der Waals surface area contributed by atoms with E-state index in [1.807, 2.05) is 0 Å². The first-order valence-corrected chi connectivity index (χ1v) is 2.70. The van der Waals surface area contributed by atoms with Crippen LogP contribution in [0.15, 0.2) is 31.4 Å². The second-order valence-corrected chi connectivity index (χ2v) is 1.74. The van der Waals surface area contributed by atoms with E-state index in [0.717, 1.165) is 0 Å². The largest absolute Gasteiger partial charge is 0.318 e. The van der Waals surface area contributed by atoms with Crippen molar-refractivity contribution in [2.75, 3.05) is 0 Å². The van der Waals surface area contributed by atoms with Gasteiger partial charge < -0.3 is 10.3 Å². The molecule has 3 heteroatoms. The van der Waals surface area contributed by atoms with Crippen LogP contribution in [0.1, 0.15) is 6.17 Å². The van der Waals surface area contributed by atoms with Crippen molar-refractivity contribution >= 4 is 0 Å². The van der Waals surface area contributed by atoms with Crippen LogP contribution in [-0.2, 0) is 0 Å². The predicted molar refractivity (Wildman–Crippen MR) is 35.6 cm³/mol. The molecule has 1 rings (SSSR count). The third kappa shape index (κ3) is 1.17. The molecule has 0 spiro atoms. The molecule has 0 aliphatic heterocycles. The Balaban J connectivity index is 2.76. The van der Waals surface area contributed by atoms with E-state index >= 15 is 0 Å². The lowest BCUT2D eigenvalue weighted by molar-refractivity contribution is 0.631. The minimum absolute atomic E-state index is 0.146. The van der Waals surface area contributed by atoms with E-state index in [2.05, 4.69) is 11.6 Å². The summed E-state index contributed by atoms with van der Waals surface area (Å²) in [4.78, 5) is 3.83. The van der Waals surface area contributed by atoms with Gasteiger partial charge in [0.2, 0.25) is 0 Å². The molecular weight excluding hydrogens is 114 g/mol. The zero-order valence-corrected chi connectivity index (χ0v) is 5.07. The van der Waals surface area contributed by atoms with Crippen LogP contribution >= 0.6 is 0 Å². The first-order chi connectivity index (χ1) is 4.34. The number of rotatable bonds is 2. The van der Waals surface area contributed by atoms with Gasteiger partial charge >= 0.3 is 0 Å². The van der Waals surface area contributed by atoms with Crippen molar-refractivity contribution < 1.29 is 0 Å². The molecule has 9 heavy (non-hydrogen) atoms. The van der Waals surface area contributed by atoms with Crippen LogP contribution in [0.5, 0.6) is 0 Å². The summed E-state index contributed by atoms with van der Waals surface area (Å²) in [6.45, 7) is 3.54. The van der Waals surface area contributed by atoms with Crippen LogP contribution in [0, 0.1) is 0 Å². The average molecular weight is 123 g/mol. The molecule has 0 saturated heterocycles. The Morgan fingerprint density at radius 3 is 3.00 bits per heavy atom. The minimum atomic E-state index is -0.146. The molecule has 1 unspecified atom stereocenters.